The van der Waals surface area contributed by atoms with Crippen LogP contribution >= 0.6 is 11.3 Å². The molecule has 5 rings (SSSR count). The molecule has 8 heteroatoms. The minimum atomic E-state index is -0.594. The van der Waals surface area contributed by atoms with Crippen LogP contribution < -0.4 is 14.4 Å². The van der Waals surface area contributed by atoms with Gasteiger partial charge in [0.05, 0.1) is 5.39 Å². The zero-order valence-corrected chi connectivity index (χ0v) is 17.2. The molecular formula is C21H22N4O3S. The summed E-state index contributed by atoms with van der Waals surface area (Å²) in [4.78, 5) is 28.4. The molecular weight excluding hydrogens is 388 g/mol. The normalized spacial score (nSPS) is 18.9. The van der Waals surface area contributed by atoms with Crippen molar-refractivity contribution in [2.45, 2.75) is 20.0 Å². The largest absolute Gasteiger partial charge is 0.485 e. The third-order valence-corrected chi connectivity index (χ3v) is 6.74. The topological polar surface area (TPSA) is 67.8 Å². The number of hydrogen-bond acceptors (Lipinski definition) is 7. The van der Waals surface area contributed by atoms with E-state index in [4.69, 9.17) is 9.47 Å². The van der Waals surface area contributed by atoms with Gasteiger partial charge in [-0.25, -0.2) is 9.97 Å². The van der Waals surface area contributed by atoms with Gasteiger partial charge in [-0.15, -0.1) is 11.3 Å². The summed E-state index contributed by atoms with van der Waals surface area (Å²) < 4.78 is 11.6. The van der Waals surface area contributed by atoms with Gasteiger partial charge in [0, 0.05) is 31.1 Å². The molecule has 1 aromatic carbocycles. The molecule has 0 N–H and O–H groups in total. The van der Waals surface area contributed by atoms with E-state index in [-0.39, 0.29) is 12.5 Å². The van der Waals surface area contributed by atoms with Gasteiger partial charge in [-0.1, -0.05) is 12.1 Å². The molecule has 0 bridgehead atoms. The molecule has 0 unspecified atom stereocenters. The maximum atomic E-state index is 13.0. The van der Waals surface area contributed by atoms with Crippen LogP contribution in [-0.2, 0) is 4.79 Å². The molecule has 0 aliphatic carbocycles. The average molecular weight is 410 g/mol. The number of carbonyl (C=O) groups excluding carboxylic acids is 1. The molecule has 2 aliphatic rings. The van der Waals surface area contributed by atoms with Crippen LogP contribution in [0.3, 0.4) is 0 Å². The van der Waals surface area contributed by atoms with Crippen LogP contribution in [0.25, 0.3) is 10.2 Å². The van der Waals surface area contributed by atoms with E-state index in [0.717, 1.165) is 29.1 Å². The number of ether oxygens (including phenoxy) is 2. The van der Waals surface area contributed by atoms with Crippen LogP contribution in [-0.4, -0.2) is 59.7 Å². The zero-order valence-electron chi connectivity index (χ0n) is 16.4. The Hall–Kier alpha value is -2.87. The minimum Gasteiger partial charge on any atom is -0.485 e. The molecule has 150 valence electrons. The number of anilines is 1. The van der Waals surface area contributed by atoms with Crippen LogP contribution in [0, 0.1) is 13.8 Å². The molecule has 29 heavy (non-hydrogen) atoms. The Kier molecular flexibility index (Phi) is 4.50. The summed E-state index contributed by atoms with van der Waals surface area (Å²) in [5.74, 6) is 2.27. The summed E-state index contributed by atoms with van der Waals surface area (Å²) in [5.41, 5.74) is 1.24. The van der Waals surface area contributed by atoms with Gasteiger partial charge in [0.25, 0.3) is 5.91 Å². The Bertz CT molecular complexity index is 1070. The number of aromatic nitrogens is 2. The molecule has 0 radical (unpaired) electrons. The average Bonchev–Trinajstić information content (AvgIpc) is 3.07. The summed E-state index contributed by atoms with van der Waals surface area (Å²) in [5, 5.41) is 1.13. The number of carbonyl (C=O) groups is 1. The van der Waals surface area contributed by atoms with E-state index in [0.29, 0.717) is 24.6 Å². The fourth-order valence-corrected chi connectivity index (χ4v) is 4.88. The number of fused-ring (bicyclic) bond motifs is 2. The highest BCUT2D eigenvalue weighted by atomic mass is 32.1. The third-order valence-electron chi connectivity index (χ3n) is 5.62. The van der Waals surface area contributed by atoms with E-state index in [1.54, 1.807) is 17.7 Å². The number of rotatable bonds is 2. The van der Waals surface area contributed by atoms with Crippen molar-refractivity contribution < 1.29 is 14.3 Å². The summed E-state index contributed by atoms with van der Waals surface area (Å²) >= 11 is 1.70. The summed E-state index contributed by atoms with van der Waals surface area (Å²) in [6, 6.07) is 7.46. The Morgan fingerprint density at radius 1 is 1.10 bits per heavy atom. The molecule has 1 atom stereocenters. The van der Waals surface area contributed by atoms with E-state index >= 15 is 0 Å². The van der Waals surface area contributed by atoms with Crippen molar-refractivity contribution in [3.63, 3.8) is 0 Å². The third kappa shape index (κ3) is 3.17. The SMILES string of the molecule is Cc1sc2ncnc(N3CCN(C(=O)[C@H]4COc5ccccc5O4)CC3)c2c1C. The monoisotopic (exact) mass is 410 g/mol. The second-order valence-electron chi connectivity index (χ2n) is 7.34. The quantitative estimate of drug-likeness (QED) is 0.647. The first kappa shape index (κ1) is 18.2. The van der Waals surface area contributed by atoms with E-state index in [9.17, 15) is 4.79 Å². The van der Waals surface area contributed by atoms with Gasteiger partial charge in [-0.05, 0) is 31.5 Å². The molecule has 1 amide bonds. The molecule has 2 aromatic heterocycles. The van der Waals surface area contributed by atoms with Crippen LogP contribution in [0.2, 0.25) is 0 Å². The minimum absolute atomic E-state index is 0.0189. The number of para-hydroxylation sites is 2. The van der Waals surface area contributed by atoms with E-state index in [1.165, 1.54) is 10.4 Å². The van der Waals surface area contributed by atoms with Crippen molar-refractivity contribution in [3.05, 3.63) is 41.0 Å². The lowest BCUT2D eigenvalue weighted by molar-refractivity contribution is -0.141. The van der Waals surface area contributed by atoms with Crippen molar-refractivity contribution in [3.8, 4) is 11.5 Å². The zero-order chi connectivity index (χ0) is 20.0. The van der Waals surface area contributed by atoms with Crippen LogP contribution in [0.5, 0.6) is 11.5 Å². The number of aryl methyl sites for hydroxylation is 2. The molecule has 1 fully saturated rings. The number of hydrogen-bond donors (Lipinski definition) is 0. The molecule has 7 nitrogen and oxygen atoms in total. The fraction of sp³-hybridized carbons (Fsp3) is 0.381. The lowest BCUT2D eigenvalue weighted by Crippen LogP contribution is -2.54. The van der Waals surface area contributed by atoms with Crippen molar-refractivity contribution >= 4 is 33.3 Å². The lowest BCUT2D eigenvalue weighted by Gasteiger charge is -2.37. The Balaban J connectivity index is 1.28. The van der Waals surface area contributed by atoms with Gasteiger partial charge < -0.3 is 19.3 Å². The Morgan fingerprint density at radius 2 is 1.86 bits per heavy atom. The summed E-state index contributed by atoms with van der Waals surface area (Å²) in [6.07, 6.45) is 1.04. The van der Waals surface area contributed by atoms with Gasteiger partial charge in [0.1, 0.15) is 23.6 Å². The van der Waals surface area contributed by atoms with Crippen LogP contribution in [0.1, 0.15) is 10.4 Å². The number of thiophene rings is 1. The van der Waals surface area contributed by atoms with Gasteiger partial charge in [0.15, 0.2) is 11.5 Å². The Morgan fingerprint density at radius 3 is 2.66 bits per heavy atom. The highest BCUT2D eigenvalue weighted by Crippen LogP contribution is 2.35. The van der Waals surface area contributed by atoms with Gasteiger partial charge in [-0.2, -0.15) is 0 Å². The smallest absolute Gasteiger partial charge is 0.267 e. The molecule has 0 spiro atoms. The number of nitrogens with zero attached hydrogens (tertiary/aromatic N) is 4. The van der Waals surface area contributed by atoms with Crippen molar-refractivity contribution in [1.29, 1.82) is 0 Å². The van der Waals surface area contributed by atoms with Crippen molar-refractivity contribution in [2.75, 3.05) is 37.7 Å². The first-order chi connectivity index (χ1) is 14.1. The standard InChI is InChI=1S/C21H22N4O3S/c1-13-14(2)29-20-18(13)19(22-12-23-20)24-7-9-25(10-8-24)21(26)17-11-27-15-5-3-4-6-16(15)28-17/h3-6,12,17H,7-11H2,1-2H3/t17-/m1/s1. The fourth-order valence-electron chi connectivity index (χ4n) is 3.89. The van der Waals surface area contributed by atoms with Gasteiger partial charge in [0.2, 0.25) is 6.10 Å². The predicted octanol–water partition coefficient (Wildman–Crippen LogP) is 2.80. The lowest BCUT2D eigenvalue weighted by atomic mass is 10.2. The van der Waals surface area contributed by atoms with Crippen LogP contribution in [0.15, 0.2) is 30.6 Å². The van der Waals surface area contributed by atoms with E-state index < -0.39 is 6.10 Å². The highest BCUT2D eigenvalue weighted by molar-refractivity contribution is 7.18. The summed E-state index contributed by atoms with van der Waals surface area (Å²) in [6.45, 7) is 7.22. The Labute approximate surface area is 172 Å². The number of piperazine rings is 1. The molecule has 3 aromatic rings. The van der Waals surface area contributed by atoms with Crippen LogP contribution in [0.4, 0.5) is 5.82 Å². The molecule has 1 saturated heterocycles. The number of amides is 1. The van der Waals surface area contributed by atoms with Gasteiger partial charge in [-0.3, -0.25) is 4.79 Å². The second kappa shape index (κ2) is 7.18. The molecule has 2 aliphatic heterocycles. The molecule has 0 saturated carbocycles. The van der Waals surface area contributed by atoms with Crippen molar-refractivity contribution in [2.24, 2.45) is 0 Å². The second-order valence-corrected chi connectivity index (χ2v) is 8.54. The predicted molar refractivity (Wildman–Crippen MR) is 112 cm³/mol. The first-order valence-electron chi connectivity index (χ1n) is 9.75. The van der Waals surface area contributed by atoms with E-state index in [1.807, 2.05) is 29.2 Å². The maximum Gasteiger partial charge on any atom is 0.267 e. The first-order valence-corrected chi connectivity index (χ1v) is 10.6. The summed E-state index contributed by atoms with van der Waals surface area (Å²) in [7, 11) is 0. The van der Waals surface area contributed by atoms with Crippen molar-refractivity contribution in [1.82, 2.24) is 14.9 Å². The number of benzene rings is 1. The highest BCUT2D eigenvalue weighted by Gasteiger charge is 2.33. The van der Waals surface area contributed by atoms with E-state index in [2.05, 4.69) is 28.7 Å². The maximum absolute atomic E-state index is 13.0. The molecule has 4 heterocycles. The van der Waals surface area contributed by atoms with Gasteiger partial charge >= 0.3 is 0 Å².